The summed E-state index contributed by atoms with van der Waals surface area (Å²) in [5, 5.41) is 6.98. The molecule has 2 aliphatic rings. The Labute approximate surface area is 193 Å². The van der Waals surface area contributed by atoms with Gasteiger partial charge in [0.2, 0.25) is 0 Å². The van der Waals surface area contributed by atoms with Crippen molar-refractivity contribution < 1.29 is 23.0 Å². The van der Waals surface area contributed by atoms with Crippen LogP contribution in [0.5, 0.6) is 5.75 Å². The lowest BCUT2D eigenvalue weighted by atomic mass is 9.88. The number of halogens is 2. The van der Waals surface area contributed by atoms with Crippen LogP contribution >= 0.6 is 0 Å². The Morgan fingerprint density at radius 1 is 1.30 bits per heavy atom. The van der Waals surface area contributed by atoms with E-state index in [4.69, 9.17) is 9.47 Å². The summed E-state index contributed by atoms with van der Waals surface area (Å²) in [6.45, 7) is 7.41. The molecular weight excluding hydrogens is 430 g/mol. The van der Waals surface area contributed by atoms with Crippen LogP contribution < -0.4 is 4.74 Å². The first-order valence-electron chi connectivity index (χ1n) is 11.5. The quantitative estimate of drug-likeness (QED) is 0.707. The molecule has 2 saturated heterocycles. The maximum Gasteiger partial charge on any atom is 0.253 e. The van der Waals surface area contributed by atoms with Crippen LogP contribution in [0.3, 0.4) is 0 Å². The predicted octanol–water partition coefficient (Wildman–Crippen LogP) is 3.82. The van der Waals surface area contributed by atoms with E-state index in [-0.39, 0.29) is 24.7 Å². The van der Waals surface area contributed by atoms with Crippen molar-refractivity contribution in [3.05, 3.63) is 47.3 Å². The second-order valence-electron chi connectivity index (χ2n) is 9.31. The van der Waals surface area contributed by atoms with Gasteiger partial charge < -0.3 is 14.4 Å². The number of benzene rings is 1. The number of rotatable bonds is 6. The highest BCUT2D eigenvalue weighted by atomic mass is 19.3. The van der Waals surface area contributed by atoms with Crippen LogP contribution in [0.25, 0.3) is 0 Å². The van der Waals surface area contributed by atoms with Crippen molar-refractivity contribution >= 4 is 5.91 Å². The summed E-state index contributed by atoms with van der Waals surface area (Å²) in [5.41, 5.74) is 1.69. The monoisotopic (exact) mass is 462 g/mol. The lowest BCUT2D eigenvalue weighted by Gasteiger charge is -2.49. The fraction of sp³-hybridized carbons (Fsp3) is 0.583. The van der Waals surface area contributed by atoms with Crippen LogP contribution in [0.2, 0.25) is 0 Å². The van der Waals surface area contributed by atoms with E-state index in [9.17, 15) is 13.6 Å². The van der Waals surface area contributed by atoms with Crippen LogP contribution in [-0.4, -0.2) is 76.8 Å². The van der Waals surface area contributed by atoms with E-state index < -0.39 is 12.0 Å². The number of hydrogen-bond acceptors (Lipinski definition) is 5. The van der Waals surface area contributed by atoms with E-state index in [1.165, 1.54) is 0 Å². The zero-order valence-electron chi connectivity index (χ0n) is 19.4. The molecule has 1 N–H and O–H groups in total. The minimum absolute atomic E-state index is 0.0341. The lowest BCUT2D eigenvalue weighted by molar-refractivity contribution is -0.181. The molecule has 2 aromatic rings. The van der Waals surface area contributed by atoms with Gasteiger partial charge in [0.25, 0.3) is 12.3 Å². The van der Waals surface area contributed by atoms with Gasteiger partial charge in [-0.05, 0) is 63.4 Å². The summed E-state index contributed by atoms with van der Waals surface area (Å²) in [4.78, 5) is 16.7. The van der Waals surface area contributed by atoms with Crippen LogP contribution in [0.4, 0.5) is 8.78 Å². The van der Waals surface area contributed by atoms with Crippen LogP contribution in [-0.2, 0) is 4.74 Å². The third kappa shape index (κ3) is 5.52. The predicted molar refractivity (Wildman–Crippen MR) is 120 cm³/mol. The molecule has 1 aromatic heterocycles. The van der Waals surface area contributed by atoms with Gasteiger partial charge in [-0.3, -0.25) is 14.8 Å². The molecule has 9 heteroatoms. The zero-order chi connectivity index (χ0) is 23.6. The third-order valence-corrected chi connectivity index (χ3v) is 6.32. The number of morpholine rings is 1. The van der Waals surface area contributed by atoms with Gasteiger partial charge in [-0.2, -0.15) is 5.10 Å². The number of nitrogens with zero attached hydrogens (tertiary/aromatic N) is 3. The average Bonchev–Trinajstić information content (AvgIpc) is 3.29. The maximum absolute atomic E-state index is 13.2. The number of likely N-dealkylation sites (tertiary alicyclic amines) is 1. The smallest absolute Gasteiger partial charge is 0.253 e. The Bertz CT molecular complexity index is 943. The Kier molecular flexibility index (Phi) is 6.99. The minimum Gasteiger partial charge on any atom is -0.491 e. The second kappa shape index (κ2) is 9.77. The van der Waals surface area contributed by atoms with Crippen molar-refractivity contribution in [2.24, 2.45) is 0 Å². The molecule has 1 unspecified atom stereocenters. The molecule has 1 atom stereocenters. The number of aromatic nitrogens is 2. The molecule has 1 aromatic carbocycles. The summed E-state index contributed by atoms with van der Waals surface area (Å²) < 4.78 is 38.6. The molecule has 1 spiro atoms. The van der Waals surface area contributed by atoms with E-state index >= 15 is 0 Å². The number of aryl methyl sites for hydroxylation is 1. The highest BCUT2D eigenvalue weighted by Gasteiger charge is 2.45. The first kappa shape index (κ1) is 23.6. The summed E-state index contributed by atoms with van der Waals surface area (Å²) in [5.74, 6) is 0.742. The van der Waals surface area contributed by atoms with Crippen molar-refractivity contribution in [1.29, 1.82) is 0 Å². The standard InChI is InChI=1S/C24H32F2N4O3/c1-16(2)32-20-5-4-18(12-17(20)3)23(31)30-10-7-24(8-11-30)15-29(14-22(25)26)13-21(33-24)19-6-9-27-28-19/h4-6,9,12,16,21-22H,7-8,10-11,13-15H2,1-3H3,(H,27,28). The molecule has 180 valence electrons. The number of H-pyrrole nitrogens is 1. The molecule has 33 heavy (non-hydrogen) atoms. The largest absolute Gasteiger partial charge is 0.491 e. The Morgan fingerprint density at radius 2 is 2.06 bits per heavy atom. The number of carbonyl (C=O) groups is 1. The zero-order valence-corrected chi connectivity index (χ0v) is 19.4. The summed E-state index contributed by atoms with van der Waals surface area (Å²) in [7, 11) is 0. The molecule has 0 radical (unpaired) electrons. The molecule has 4 rings (SSSR count). The topological polar surface area (TPSA) is 70.7 Å². The van der Waals surface area contributed by atoms with Gasteiger partial charge in [-0.25, -0.2) is 8.78 Å². The normalized spacial score (nSPS) is 21.2. The van der Waals surface area contributed by atoms with E-state index in [2.05, 4.69) is 10.2 Å². The van der Waals surface area contributed by atoms with E-state index in [0.29, 0.717) is 50.3 Å². The highest BCUT2D eigenvalue weighted by molar-refractivity contribution is 5.94. The number of aromatic amines is 1. The van der Waals surface area contributed by atoms with Gasteiger partial charge in [-0.1, -0.05) is 0 Å². The number of carbonyl (C=O) groups excluding carboxylic acids is 1. The highest BCUT2D eigenvalue weighted by Crippen LogP contribution is 2.38. The number of nitrogens with one attached hydrogen (secondary N) is 1. The van der Waals surface area contributed by atoms with Crippen molar-refractivity contribution in [3.8, 4) is 5.75 Å². The molecular formula is C24H32F2N4O3. The third-order valence-electron chi connectivity index (χ3n) is 6.32. The van der Waals surface area contributed by atoms with Crippen molar-refractivity contribution in [2.45, 2.75) is 57.8 Å². The lowest BCUT2D eigenvalue weighted by Crippen LogP contribution is -2.58. The molecule has 2 fully saturated rings. The van der Waals surface area contributed by atoms with Crippen LogP contribution in [0.15, 0.2) is 30.5 Å². The van der Waals surface area contributed by atoms with Gasteiger partial charge in [0.05, 0.1) is 23.9 Å². The molecule has 0 aliphatic carbocycles. The van der Waals surface area contributed by atoms with E-state index in [1.807, 2.05) is 43.9 Å². The van der Waals surface area contributed by atoms with E-state index in [0.717, 1.165) is 11.3 Å². The fourth-order valence-electron chi connectivity index (χ4n) is 4.77. The first-order chi connectivity index (χ1) is 15.7. The van der Waals surface area contributed by atoms with Gasteiger partial charge in [-0.15, -0.1) is 0 Å². The maximum atomic E-state index is 13.2. The number of ether oxygens (including phenoxy) is 2. The van der Waals surface area contributed by atoms with Gasteiger partial charge in [0.1, 0.15) is 11.9 Å². The summed E-state index contributed by atoms with van der Waals surface area (Å²) in [6.07, 6.45) is 0.168. The molecule has 0 bridgehead atoms. The molecule has 1 amide bonds. The molecule has 2 aliphatic heterocycles. The SMILES string of the molecule is Cc1cc(C(=O)N2CCC3(CC2)CN(CC(F)F)CC(c2cc[nH]n2)O3)ccc1OC(C)C. The number of alkyl halides is 2. The van der Waals surface area contributed by atoms with Crippen LogP contribution in [0, 0.1) is 6.92 Å². The molecule has 0 saturated carbocycles. The minimum atomic E-state index is -2.41. The Balaban J connectivity index is 1.44. The van der Waals surface area contributed by atoms with Crippen molar-refractivity contribution in [1.82, 2.24) is 20.0 Å². The van der Waals surface area contributed by atoms with Gasteiger partial charge in [0.15, 0.2) is 0 Å². The number of hydrogen-bond donors (Lipinski definition) is 1. The van der Waals surface area contributed by atoms with Gasteiger partial charge >= 0.3 is 0 Å². The first-order valence-corrected chi connectivity index (χ1v) is 11.5. The van der Waals surface area contributed by atoms with Crippen LogP contribution in [0.1, 0.15) is 54.4 Å². The summed E-state index contributed by atoms with van der Waals surface area (Å²) >= 11 is 0. The number of amides is 1. The fourth-order valence-corrected chi connectivity index (χ4v) is 4.77. The Hall–Kier alpha value is -2.52. The van der Waals surface area contributed by atoms with Gasteiger partial charge in [0, 0.05) is 37.9 Å². The number of piperidine rings is 1. The van der Waals surface area contributed by atoms with E-state index in [1.54, 1.807) is 17.2 Å². The second-order valence-corrected chi connectivity index (χ2v) is 9.31. The molecule has 3 heterocycles. The van der Waals surface area contributed by atoms with Crippen molar-refractivity contribution in [3.63, 3.8) is 0 Å². The average molecular weight is 463 g/mol. The molecule has 7 nitrogen and oxygen atoms in total. The summed E-state index contributed by atoms with van der Waals surface area (Å²) in [6, 6.07) is 7.32. The van der Waals surface area contributed by atoms with Crippen molar-refractivity contribution in [2.75, 3.05) is 32.7 Å². The Morgan fingerprint density at radius 3 is 2.67 bits per heavy atom.